The summed E-state index contributed by atoms with van der Waals surface area (Å²) in [6, 6.07) is 8.54. The first-order valence-corrected chi connectivity index (χ1v) is 8.72. The molecule has 21 heavy (non-hydrogen) atoms. The van der Waals surface area contributed by atoms with Crippen LogP contribution >= 0.6 is 11.8 Å². The molecule has 0 bridgehead atoms. The highest BCUT2D eigenvalue weighted by Gasteiger charge is 2.38. The smallest absolute Gasteiger partial charge is 0.230 e. The van der Waals surface area contributed by atoms with Gasteiger partial charge in [0.15, 0.2) is 0 Å². The number of hydrogen-bond donors (Lipinski definition) is 2. The fourth-order valence-electron chi connectivity index (χ4n) is 2.85. The van der Waals surface area contributed by atoms with E-state index in [1.54, 1.807) is 11.8 Å². The fourth-order valence-corrected chi connectivity index (χ4v) is 3.65. The number of thioether (sulfide) groups is 1. The van der Waals surface area contributed by atoms with Crippen molar-refractivity contribution in [2.45, 2.75) is 44.9 Å². The van der Waals surface area contributed by atoms with Crippen molar-refractivity contribution in [3.05, 3.63) is 35.4 Å². The van der Waals surface area contributed by atoms with Crippen molar-refractivity contribution in [2.75, 3.05) is 12.4 Å². The molecule has 0 aromatic heterocycles. The number of hydrogen-bond acceptors (Lipinski definition) is 3. The summed E-state index contributed by atoms with van der Waals surface area (Å²) in [7, 11) is 0. The third kappa shape index (κ3) is 4.48. The van der Waals surface area contributed by atoms with Crippen molar-refractivity contribution in [2.24, 2.45) is 5.41 Å². The van der Waals surface area contributed by atoms with E-state index in [4.69, 9.17) is 0 Å². The van der Waals surface area contributed by atoms with Gasteiger partial charge in [-0.3, -0.25) is 4.79 Å². The molecule has 2 rings (SSSR count). The number of aliphatic hydroxyl groups is 1. The van der Waals surface area contributed by atoms with Crippen molar-refractivity contribution in [3.63, 3.8) is 0 Å². The lowest BCUT2D eigenvalue weighted by molar-refractivity contribution is -0.120. The third-order valence-electron chi connectivity index (χ3n) is 4.40. The van der Waals surface area contributed by atoms with Crippen LogP contribution in [-0.2, 0) is 10.5 Å². The predicted octanol–water partition coefficient (Wildman–Crippen LogP) is 2.90. The second kappa shape index (κ2) is 7.32. The number of nitrogens with one attached hydrogen (secondary N) is 1. The van der Waals surface area contributed by atoms with Gasteiger partial charge in [-0.1, -0.05) is 43.2 Å². The second-order valence-corrected chi connectivity index (χ2v) is 7.29. The first-order chi connectivity index (χ1) is 10.0. The molecule has 1 amide bonds. The van der Waals surface area contributed by atoms with E-state index in [1.165, 1.54) is 11.1 Å². The van der Waals surface area contributed by atoms with E-state index in [0.29, 0.717) is 5.75 Å². The average molecular weight is 307 g/mol. The van der Waals surface area contributed by atoms with Gasteiger partial charge in [0.1, 0.15) is 0 Å². The van der Waals surface area contributed by atoms with Crippen molar-refractivity contribution >= 4 is 17.7 Å². The molecule has 0 saturated heterocycles. The first kappa shape index (κ1) is 16.4. The molecular formula is C17H25NO2S. The van der Waals surface area contributed by atoms with Crippen LogP contribution in [0.1, 0.15) is 37.3 Å². The largest absolute Gasteiger partial charge is 0.396 e. The average Bonchev–Trinajstić information content (AvgIpc) is 2.83. The number of amides is 1. The molecule has 0 radical (unpaired) electrons. The van der Waals surface area contributed by atoms with Crippen molar-refractivity contribution in [3.8, 4) is 0 Å². The van der Waals surface area contributed by atoms with Crippen molar-refractivity contribution in [1.29, 1.82) is 0 Å². The Morgan fingerprint density at radius 1 is 1.43 bits per heavy atom. The molecule has 1 fully saturated rings. The van der Waals surface area contributed by atoms with Crippen LogP contribution in [0.5, 0.6) is 0 Å². The van der Waals surface area contributed by atoms with Gasteiger partial charge in [-0.05, 0) is 25.3 Å². The van der Waals surface area contributed by atoms with E-state index in [1.807, 2.05) is 0 Å². The Balaban J connectivity index is 1.74. The lowest BCUT2D eigenvalue weighted by Gasteiger charge is -2.30. The minimum atomic E-state index is -0.142. The van der Waals surface area contributed by atoms with Crippen LogP contribution < -0.4 is 5.32 Å². The van der Waals surface area contributed by atoms with Crippen LogP contribution in [0.3, 0.4) is 0 Å². The van der Waals surface area contributed by atoms with E-state index >= 15 is 0 Å². The van der Waals surface area contributed by atoms with Crippen LogP contribution in [0.4, 0.5) is 0 Å². The highest BCUT2D eigenvalue weighted by atomic mass is 32.2. The van der Waals surface area contributed by atoms with Gasteiger partial charge in [0.2, 0.25) is 5.91 Å². The summed E-state index contributed by atoms with van der Waals surface area (Å²) in [5.74, 6) is 1.42. The summed E-state index contributed by atoms with van der Waals surface area (Å²) in [4.78, 5) is 12.0. The van der Waals surface area contributed by atoms with E-state index in [2.05, 4.69) is 43.4 Å². The number of carbonyl (C=O) groups excluding carboxylic acids is 1. The van der Waals surface area contributed by atoms with Gasteiger partial charge in [0.25, 0.3) is 0 Å². The SMILES string of the molecule is Cc1ccc(CSCC(=O)NC2CCCC2(C)CO)cc1. The van der Waals surface area contributed by atoms with E-state index in [-0.39, 0.29) is 24.0 Å². The molecular weight excluding hydrogens is 282 g/mol. The minimum Gasteiger partial charge on any atom is -0.396 e. The lowest BCUT2D eigenvalue weighted by atomic mass is 9.86. The molecule has 0 heterocycles. The number of benzene rings is 1. The van der Waals surface area contributed by atoms with Gasteiger partial charge in [-0.2, -0.15) is 0 Å². The van der Waals surface area contributed by atoms with Gasteiger partial charge < -0.3 is 10.4 Å². The number of aryl methyl sites for hydroxylation is 1. The highest BCUT2D eigenvalue weighted by Crippen LogP contribution is 2.37. The van der Waals surface area contributed by atoms with Crippen LogP contribution in [-0.4, -0.2) is 29.4 Å². The molecule has 2 unspecified atom stereocenters. The predicted molar refractivity (Wildman–Crippen MR) is 88.3 cm³/mol. The summed E-state index contributed by atoms with van der Waals surface area (Å²) in [6.07, 6.45) is 3.05. The zero-order chi connectivity index (χ0) is 15.3. The van der Waals surface area contributed by atoms with E-state index < -0.39 is 0 Å². The highest BCUT2D eigenvalue weighted by molar-refractivity contribution is 7.99. The van der Waals surface area contributed by atoms with Crippen LogP contribution in [0.25, 0.3) is 0 Å². The summed E-state index contributed by atoms with van der Waals surface area (Å²) in [5, 5.41) is 12.6. The lowest BCUT2D eigenvalue weighted by Crippen LogP contribution is -2.45. The molecule has 1 aromatic rings. The molecule has 0 spiro atoms. The topological polar surface area (TPSA) is 49.3 Å². The van der Waals surface area contributed by atoms with Crippen LogP contribution in [0, 0.1) is 12.3 Å². The monoisotopic (exact) mass is 307 g/mol. The standard InChI is InChI=1S/C17H25NO2S/c1-13-5-7-14(8-6-13)10-21-11-16(20)18-15-4-3-9-17(15,2)12-19/h5-8,15,19H,3-4,9-12H2,1-2H3,(H,18,20). The van der Waals surface area contributed by atoms with E-state index in [9.17, 15) is 9.90 Å². The normalized spacial score (nSPS) is 25.0. The molecule has 2 N–H and O–H groups in total. The summed E-state index contributed by atoms with van der Waals surface area (Å²) in [5.41, 5.74) is 2.36. The second-order valence-electron chi connectivity index (χ2n) is 6.30. The van der Waals surface area contributed by atoms with Gasteiger partial charge in [-0.25, -0.2) is 0 Å². The van der Waals surface area contributed by atoms with Gasteiger partial charge in [0, 0.05) is 17.2 Å². The molecule has 1 aliphatic rings. The molecule has 1 saturated carbocycles. The minimum absolute atomic E-state index is 0.0821. The maximum absolute atomic E-state index is 12.0. The van der Waals surface area contributed by atoms with E-state index in [0.717, 1.165) is 25.0 Å². The molecule has 116 valence electrons. The Kier molecular flexibility index (Phi) is 5.71. The maximum atomic E-state index is 12.0. The van der Waals surface area contributed by atoms with Crippen LogP contribution in [0.15, 0.2) is 24.3 Å². The number of aliphatic hydroxyl groups excluding tert-OH is 1. The zero-order valence-electron chi connectivity index (χ0n) is 12.9. The Bertz CT molecular complexity index is 474. The Labute approximate surface area is 131 Å². The van der Waals surface area contributed by atoms with Gasteiger partial charge in [-0.15, -0.1) is 11.8 Å². The Morgan fingerprint density at radius 2 is 2.14 bits per heavy atom. The number of carbonyl (C=O) groups is 1. The van der Waals surface area contributed by atoms with Crippen molar-refractivity contribution < 1.29 is 9.90 Å². The summed E-state index contributed by atoms with van der Waals surface area (Å²) < 4.78 is 0. The molecule has 4 heteroatoms. The quantitative estimate of drug-likeness (QED) is 0.849. The number of rotatable bonds is 6. The molecule has 2 atom stereocenters. The Morgan fingerprint density at radius 3 is 2.81 bits per heavy atom. The molecule has 1 aliphatic carbocycles. The summed E-state index contributed by atoms with van der Waals surface area (Å²) in [6.45, 7) is 4.28. The third-order valence-corrected chi connectivity index (χ3v) is 5.40. The maximum Gasteiger partial charge on any atom is 0.230 e. The van der Waals surface area contributed by atoms with Crippen molar-refractivity contribution in [1.82, 2.24) is 5.32 Å². The molecule has 1 aromatic carbocycles. The van der Waals surface area contributed by atoms with Gasteiger partial charge >= 0.3 is 0 Å². The Hall–Kier alpha value is -1.00. The molecule has 0 aliphatic heterocycles. The van der Waals surface area contributed by atoms with Gasteiger partial charge in [0.05, 0.1) is 12.4 Å². The van der Waals surface area contributed by atoms with Crippen LogP contribution in [0.2, 0.25) is 0 Å². The molecule has 3 nitrogen and oxygen atoms in total. The fraction of sp³-hybridized carbons (Fsp3) is 0.588. The first-order valence-electron chi connectivity index (χ1n) is 7.57. The summed E-state index contributed by atoms with van der Waals surface area (Å²) >= 11 is 1.64. The zero-order valence-corrected chi connectivity index (χ0v) is 13.7.